The summed E-state index contributed by atoms with van der Waals surface area (Å²) in [6, 6.07) is 3.77. The predicted molar refractivity (Wildman–Crippen MR) is 113 cm³/mol. The number of hydrogen-bond acceptors (Lipinski definition) is 8. The zero-order valence-corrected chi connectivity index (χ0v) is 17.9. The first-order valence-corrected chi connectivity index (χ1v) is 10.3. The van der Waals surface area contributed by atoms with E-state index in [1.807, 2.05) is 13.8 Å². The minimum atomic E-state index is -0.560. The molecule has 0 unspecified atom stereocenters. The summed E-state index contributed by atoms with van der Waals surface area (Å²) in [5, 5.41) is 3.21. The summed E-state index contributed by atoms with van der Waals surface area (Å²) < 4.78 is 24.0. The van der Waals surface area contributed by atoms with E-state index in [0.717, 1.165) is 18.9 Å². The molecule has 0 spiro atoms. The Kier molecular flexibility index (Phi) is 7.04. The lowest BCUT2D eigenvalue weighted by atomic mass is 9.86. The van der Waals surface area contributed by atoms with Gasteiger partial charge in [0.15, 0.2) is 0 Å². The Bertz CT molecular complexity index is 959. The summed E-state index contributed by atoms with van der Waals surface area (Å²) >= 11 is 0. The summed E-state index contributed by atoms with van der Waals surface area (Å²) in [5.41, 5.74) is 6.11. The van der Waals surface area contributed by atoms with Gasteiger partial charge in [-0.05, 0) is 57.7 Å². The molecule has 3 N–H and O–H groups in total. The van der Waals surface area contributed by atoms with E-state index in [1.165, 1.54) is 25.4 Å². The summed E-state index contributed by atoms with van der Waals surface area (Å²) in [4.78, 5) is 33.3. The van der Waals surface area contributed by atoms with E-state index in [4.69, 9.17) is 15.2 Å². The Morgan fingerprint density at radius 3 is 2.52 bits per heavy atom. The Hall–Kier alpha value is -3.23. The first-order valence-electron chi connectivity index (χ1n) is 10.3. The number of ether oxygens (including phenoxy) is 2. The van der Waals surface area contributed by atoms with Crippen molar-refractivity contribution in [3.8, 4) is 5.75 Å². The van der Waals surface area contributed by atoms with Crippen molar-refractivity contribution in [3.05, 3.63) is 41.3 Å². The Morgan fingerprint density at radius 2 is 1.90 bits per heavy atom. The van der Waals surface area contributed by atoms with E-state index in [0.29, 0.717) is 18.8 Å². The molecule has 1 aliphatic rings. The number of nitrogens with two attached hydrogens (primary N) is 1. The summed E-state index contributed by atoms with van der Waals surface area (Å²) in [6.07, 6.45) is 4.17. The van der Waals surface area contributed by atoms with Crippen LogP contribution in [0.2, 0.25) is 0 Å². The van der Waals surface area contributed by atoms with Crippen LogP contribution in [0.3, 0.4) is 0 Å². The van der Waals surface area contributed by atoms with E-state index < -0.39 is 11.6 Å². The van der Waals surface area contributed by atoms with E-state index in [2.05, 4.69) is 15.3 Å². The number of anilines is 2. The third-order valence-electron chi connectivity index (χ3n) is 5.21. The summed E-state index contributed by atoms with van der Waals surface area (Å²) in [5.74, 6) is -0.797. The first-order chi connectivity index (χ1) is 14.8. The molecule has 0 atom stereocenters. The van der Waals surface area contributed by atoms with Gasteiger partial charge in [0.05, 0.1) is 30.3 Å². The van der Waals surface area contributed by atoms with E-state index in [-0.39, 0.29) is 46.7 Å². The number of hydrogen-bond donors (Lipinski definition) is 2. The van der Waals surface area contributed by atoms with Gasteiger partial charge in [-0.3, -0.25) is 9.59 Å². The average molecular weight is 430 g/mol. The second-order valence-corrected chi connectivity index (χ2v) is 7.84. The van der Waals surface area contributed by atoms with Crippen LogP contribution in [-0.2, 0) is 9.53 Å². The number of rotatable bonds is 7. The minimum Gasteiger partial charge on any atom is -0.496 e. The number of halogens is 1. The van der Waals surface area contributed by atoms with Gasteiger partial charge in [-0.25, -0.2) is 9.37 Å². The highest BCUT2D eigenvalue weighted by Gasteiger charge is 2.28. The molecule has 9 heteroatoms. The number of methoxy groups -OCH3 is 1. The maximum atomic E-state index is 13.6. The number of ketones is 1. The number of carbonyl (C=O) groups is 2. The van der Waals surface area contributed by atoms with Crippen LogP contribution in [0, 0.1) is 11.7 Å². The van der Waals surface area contributed by atoms with Crippen LogP contribution >= 0.6 is 0 Å². The van der Waals surface area contributed by atoms with Gasteiger partial charge in [0, 0.05) is 12.2 Å². The third kappa shape index (κ3) is 5.48. The number of aromatic nitrogens is 2. The van der Waals surface area contributed by atoms with Crippen molar-refractivity contribution in [1.29, 1.82) is 0 Å². The SMILES string of the molecule is COc1ccc(F)cc1C(=O)c1cnc(NC2CCC(C(=O)OC(C)C)CC2)nc1N. The smallest absolute Gasteiger partial charge is 0.309 e. The molecule has 1 fully saturated rings. The van der Waals surface area contributed by atoms with Gasteiger partial charge in [0.1, 0.15) is 17.4 Å². The summed E-state index contributed by atoms with van der Waals surface area (Å²) in [7, 11) is 1.40. The van der Waals surface area contributed by atoms with Crippen LogP contribution in [0.5, 0.6) is 5.75 Å². The highest BCUT2D eigenvalue weighted by molar-refractivity contribution is 6.13. The molecule has 0 saturated heterocycles. The van der Waals surface area contributed by atoms with Gasteiger partial charge in [-0.1, -0.05) is 0 Å². The van der Waals surface area contributed by atoms with Gasteiger partial charge in [-0.2, -0.15) is 4.98 Å². The summed E-state index contributed by atoms with van der Waals surface area (Å²) in [6.45, 7) is 3.68. The molecule has 1 saturated carbocycles. The molecule has 0 aliphatic heterocycles. The van der Waals surface area contributed by atoms with Crippen molar-refractivity contribution in [2.45, 2.75) is 51.7 Å². The highest BCUT2D eigenvalue weighted by atomic mass is 19.1. The maximum absolute atomic E-state index is 13.6. The van der Waals surface area contributed by atoms with Crippen molar-refractivity contribution < 1.29 is 23.5 Å². The van der Waals surface area contributed by atoms with Crippen molar-refractivity contribution in [3.63, 3.8) is 0 Å². The average Bonchev–Trinajstić information content (AvgIpc) is 2.73. The number of carbonyl (C=O) groups excluding carboxylic acids is 2. The van der Waals surface area contributed by atoms with Gasteiger partial charge >= 0.3 is 5.97 Å². The second kappa shape index (κ2) is 9.72. The normalized spacial score (nSPS) is 18.5. The van der Waals surface area contributed by atoms with Crippen LogP contribution in [0.4, 0.5) is 16.2 Å². The van der Waals surface area contributed by atoms with Crippen LogP contribution in [0.1, 0.15) is 55.5 Å². The molecule has 166 valence electrons. The van der Waals surface area contributed by atoms with Crippen molar-refractivity contribution in [2.75, 3.05) is 18.2 Å². The van der Waals surface area contributed by atoms with E-state index in [9.17, 15) is 14.0 Å². The molecule has 1 aliphatic carbocycles. The molecule has 31 heavy (non-hydrogen) atoms. The molecule has 0 radical (unpaired) electrons. The van der Waals surface area contributed by atoms with Crippen molar-refractivity contribution in [1.82, 2.24) is 9.97 Å². The molecule has 1 heterocycles. The fourth-order valence-electron chi connectivity index (χ4n) is 3.63. The minimum absolute atomic E-state index is 0.0111. The quantitative estimate of drug-likeness (QED) is 0.507. The third-order valence-corrected chi connectivity index (χ3v) is 5.21. The van der Waals surface area contributed by atoms with Crippen LogP contribution in [0.25, 0.3) is 0 Å². The molecule has 0 bridgehead atoms. The molecular formula is C22H27FN4O4. The number of nitrogens with one attached hydrogen (secondary N) is 1. The highest BCUT2D eigenvalue weighted by Crippen LogP contribution is 2.28. The first kappa shape index (κ1) is 22.5. The molecule has 0 amide bonds. The number of esters is 1. The Labute approximate surface area is 180 Å². The zero-order valence-electron chi connectivity index (χ0n) is 17.9. The van der Waals surface area contributed by atoms with E-state index >= 15 is 0 Å². The lowest BCUT2D eigenvalue weighted by Crippen LogP contribution is -2.31. The number of nitrogens with zero attached hydrogens (tertiary/aromatic N) is 2. The maximum Gasteiger partial charge on any atom is 0.309 e. The fraction of sp³-hybridized carbons (Fsp3) is 0.455. The number of benzene rings is 1. The number of nitrogen functional groups attached to an aromatic ring is 1. The van der Waals surface area contributed by atoms with Gasteiger partial charge in [-0.15, -0.1) is 0 Å². The molecule has 3 rings (SSSR count). The Balaban J connectivity index is 1.65. The zero-order chi connectivity index (χ0) is 22.5. The topological polar surface area (TPSA) is 116 Å². The van der Waals surface area contributed by atoms with Crippen LogP contribution < -0.4 is 15.8 Å². The molecular weight excluding hydrogens is 403 g/mol. The lowest BCUT2D eigenvalue weighted by molar-refractivity contribution is -0.153. The van der Waals surface area contributed by atoms with Gasteiger partial charge in [0.25, 0.3) is 0 Å². The Morgan fingerprint density at radius 1 is 1.19 bits per heavy atom. The van der Waals surface area contributed by atoms with Crippen LogP contribution in [-0.4, -0.2) is 41.0 Å². The van der Waals surface area contributed by atoms with Gasteiger partial charge in [0.2, 0.25) is 11.7 Å². The largest absolute Gasteiger partial charge is 0.496 e. The molecule has 1 aromatic heterocycles. The lowest BCUT2D eigenvalue weighted by Gasteiger charge is -2.28. The van der Waals surface area contributed by atoms with Crippen molar-refractivity contribution in [2.24, 2.45) is 5.92 Å². The molecule has 1 aromatic carbocycles. The fourth-order valence-corrected chi connectivity index (χ4v) is 3.63. The van der Waals surface area contributed by atoms with Gasteiger partial charge < -0.3 is 20.5 Å². The predicted octanol–water partition coefficient (Wildman–Crippen LogP) is 3.36. The van der Waals surface area contributed by atoms with Crippen molar-refractivity contribution >= 4 is 23.5 Å². The monoisotopic (exact) mass is 430 g/mol. The van der Waals surface area contributed by atoms with Crippen LogP contribution in [0.15, 0.2) is 24.4 Å². The standard InChI is InChI=1S/C22H27FN4O4/c1-12(2)31-21(29)13-4-7-15(8-5-13)26-22-25-11-17(20(24)27-22)19(28)16-10-14(23)6-9-18(16)30-3/h6,9-13,15H,4-5,7-8H2,1-3H3,(H3,24,25,26,27). The molecule has 2 aromatic rings. The molecule has 8 nitrogen and oxygen atoms in total. The second-order valence-electron chi connectivity index (χ2n) is 7.84. The van der Waals surface area contributed by atoms with E-state index in [1.54, 1.807) is 0 Å².